The number of aromatic nitrogens is 2. The summed E-state index contributed by atoms with van der Waals surface area (Å²) >= 11 is 3.71. The Bertz CT molecular complexity index is 626. The third-order valence-electron chi connectivity index (χ3n) is 3.78. The normalized spacial score (nSPS) is 23.3. The Balaban J connectivity index is 2.13. The van der Waals surface area contributed by atoms with Crippen molar-refractivity contribution in [3.05, 3.63) is 10.9 Å². The van der Waals surface area contributed by atoms with E-state index in [9.17, 15) is 0 Å². The van der Waals surface area contributed by atoms with Gasteiger partial charge in [0.15, 0.2) is 0 Å². The fourth-order valence-electron chi connectivity index (χ4n) is 2.54. The van der Waals surface area contributed by atoms with Gasteiger partial charge in [-0.05, 0) is 19.9 Å². The summed E-state index contributed by atoms with van der Waals surface area (Å²) < 4.78 is 0. The van der Waals surface area contributed by atoms with E-state index in [1.165, 1.54) is 4.88 Å². The first kappa shape index (κ1) is 13.9. The van der Waals surface area contributed by atoms with Crippen molar-refractivity contribution in [3.63, 3.8) is 0 Å². The minimum atomic E-state index is 0.456. The maximum Gasteiger partial charge on any atom is 0.240 e. The number of hydrogen-bond acceptors (Lipinski definition) is 7. The van der Waals surface area contributed by atoms with Gasteiger partial charge in [-0.3, -0.25) is 5.43 Å². The number of anilines is 2. The van der Waals surface area contributed by atoms with E-state index in [4.69, 9.17) is 5.84 Å². The lowest BCUT2D eigenvalue weighted by atomic mass is 10.2. The number of hydrazine groups is 1. The van der Waals surface area contributed by atoms with Crippen LogP contribution in [0.5, 0.6) is 0 Å². The zero-order valence-electron chi connectivity index (χ0n) is 11.9. The van der Waals surface area contributed by atoms with E-state index in [0.717, 1.165) is 28.3 Å². The first-order valence-corrected chi connectivity index (χ1v) is 8.59. The molecule has 20 heavy (non-hydrogen) atoms. The van der Waals surface area contributed by atoms with Crippen molar-refractivity contribution < 1.29 is 0 Å². The van der Waals surface area contributed by atoms with Crippen molar-refractivity contribution in [2.75, 3.05) is 22.6 Å². The van der Waals surface area contributed by atoms with Crippen LogP contribution in [0.15, 0.2) is 6.07 Å². The second kappa shape index (κ2) is 5.38. The number of nitrogens with zero attached hydrogens (tertiary/aromatic N) is 3. The Morgan fingerprint density at radius 1 is 1.40 bits per heavy atom. The molecule has 0 aliphatic carbocycles. The molecule has 2 atom stereocenters. The molecular formula is C13H19N5S2. The number of nitrogen functional groups attached to an aromatic ring is 1. The molecule has 2 unspecified atom stereocenters. The van der Waals surface area contributed by atoms with E-state index in [1.54, 1.807) is 11.3 Å². The van der Waals surface area contributed by atoms with Crippen LogP contribution < -0.4 is 16.2 Å². The highest BCUT2D eigenvalue weighted by molar-refractivity contribution is 8.00. The highest BCUT2D eigenvalue weighted by Gasteiger charge is 2.28. The highest BCUT2D eigenvalue weighted by Crippen LogP contribution is 2.35. The van der Waals surface area contributed by atoms with Gasteiger partial charge in [-0.2, -0.15) is 16.7 Å². The molecule has 108 valence electrons. The van der Waals surface area contributed by atoms with Crippen LogP contribution in [0.1, 0.15) is 18.7 Å². The summed E-state index contributed by atoms with van der Waals surface area (Å²) in [5.41, 5.74) is 2.59. The molecule has 1 aliphatic heterocycles. The maximum atomic E-state index is 5.52. The zero-order chi connectivity index (χ0) is 14.3. The average Bonchev–Trinajstić information content (AvgIpc) is 2.81. The topological polar surface area (TPSA) is 67.1 Å². The first-order chi connectivity index (χ1) is 9.60. The van der Waals surface area contributed by atoms with E-state index in [0.29, 0.717) is 17.2 Å². The summed E-state index contributed by atoms with van der Waals surface area (Å²) in [6, 6.07) is 2.63. The van der Waals surface area contributed by atoms with Gasteiger partial charge in [0.25, 0.3) is 0 Å². The van der Waals surface area contributed by atoms with Crippen molar-refractivity contribution in [2.45, 2.75) is 32.1 Å². The number of rotatable bonds is 2. The number of thioether (sulfide) groups is 1. The Hall–Kier alpha value is -1.05. The van der Waals surface area contributed by atoms with Crippen LogP contribution in [0.25, 0.3) is 10.2 Å². The molecule has 0 amide bonds. The van der Waals surface area contributed by atoms with Crippen LogP contribution >= 0.6 is 23.1 Å². The van der Waals surface area contributed by atoms with Gasteiger partial charge in [0.1, 0.15) is 10.6 Å². The van der Waals surface area contributed by atoms with Crippen LogP contribution in [-0.2, 0) is 0 Å². The summed E-state index contributed by atoms with van der Waals surface area (Å²) in [4.78, 5) is 13.7. The van der Waals surface area contributed by atoms with Gasteiger partial charge in [-0.1, -0.05) is 6.92 Å². The van der Waals surface area contributed by atoms with Gasteiger partial charge in [-0.25, -0.2) is 10.8 Å². The Morgan fingerprint density at radius 2 is 2.20 bits per heavy atom. The van der Waals surface area contributed by atoms with Gasteiger partial charge >= 0.3 is 0 Å². The molecule has 1 aliphatic rings. The average molecular weight is 309 g/mol. The molecule has 0 aromatic carbocycles. The number of thiophene rings is 1. The molecule has 3 N–H and O–H groups in total. The minimum Gasteiger partial charge on any atom is -0.351 e. The monoisotopic (exact) mass is 309 g/mol. The predicted octanol–water partition coefficient (Wildman–Crippen LogP) is 2.62. The summed E-state index contributed by atoms with van der Waals surface area (Å²) in [6.07, 6.45) is 0. The summed E-state index contributed by atoms with van der Waals surface area (Å²) in [7, 11) is 0. The molecule has 3 heterocycles. The van der Waals surface area contributed by atoms with E-state index < -0.39 is 0 Å². The van der Waals surface area contributed by atoms with Crippen LogP contribution in [0.2, 0.25) is 0 Å². The predicted molar refractivity (Wildman–Crippen MR) is 88.7 cm³/mol. The smallest absolute Gasteiger partial charge is 0.240 e. The molecule has 2 aromatic heterocycles. The Labute approximate surface area is 126 Å². The van der Waals surface area contributed by atoms with E-state index in [2.05, 4.69) is 47.1 Å². The molecular weight excluding hydrogens is 290 g/mol. The van der Waals surface area contributed by atoms with Gasteiger partial charge in [0.05, 0.1) is 5.39 Å². The number of fused-ring (bicyclic) bond motifs is 1. The fraction of sp³-hybridized carbons (Fsp3) is 0.538. The molecule has 1 saturated heterocycles. The quantitative estimate of drug-likeness (QED) is 0.656. The number of aryl methyl sites for hydroxylation is 1. The lowest BCUT2D eigenvalue weighted by Gasteiger charge is -2.38. The van der Waals surface area contributed by atoms with Gasteiger partial charge in [-0.15, -0.1) is 11.3 Å². The van der Waals surface area contributed by atoms with Crippen molar-refractivity contribution in [1.82, 2.24) is 9.97 Å². The molecule has 0 radical (unpaired) electrons. The van der Waals surface area contributed by atoms with Gasteiger partial charge in [0, 0.05) is 28.5 Å². The third-order valence-corrected chi connectivity index (χ3v) is 6.06. The van der Waals surface area contributed by atoms with Crippen molar-refractivity contribution in [3.8, 4) is 0 Å². The fourth-order valence-corrected chi connectivity index (χ4v) is 4.52. The summed E-state index contributed by atoms with van der Waals surface area (Å²) in [6.45, 7) is 7.66. The van der Waals surface area contributed by atoms with Crippen molar-refractivity contribution in [2.24, 2.45) is 5.84 Å². The SMILES string of the molecule is Cc1cc2c(N3CCSC(C)C3C)nc(NN)nc2s1. The molecule has 2 aromatic rings. The van der Waals surface area contributed by atoms with E-state index in [-0.39, 0.29) is 0 Å². The first-order valence-electron chi connectivity index (χ1n) is 6.73. The summed E-state index contributed by atoms with van der Waals surface area (Å²) in [5.74, 6) is 8.14. The number of hydrogen-bond donors (Lipinski definition) is 2. The van der Waals surface area contributed by atoms with Gasteiger partial charge in [0.2, 0.25) is 5.95 Å². The minimum absolute atomic E-state index is 0.456. The van der Waals surface area contributed by atoms with Crippen molar-refractivity contribution in [1.29, 1.82) is 0 Å². The second-order valence-electron chi connectivity index (χ2n) is 5.10. The number of nitrogens with two attached hydrogens (primary N) is 1. The lowest BCUT2D eigenvalue weighted by Crippen LogP contribution is -2.45. The molecule has 3 rings (SSSR count). The standard InChI is InChI=1S/C13H19N5S2/c1-7-6-10-11(15-13(17-14)16-12(10)20-7)18-4-5-19-9(3)8(18)2/h6,8-9H,4-5,14H2,1-3H3,(H,15,16,17). The third kappa shape index (κ3) is 2.34. The molecule has 5 nitrogen and oxygen atoms in total. The van der Waals surface area contributed by atoms with Crippen molar-refractivity contribution >= 4 is 45.1 Å². The summed E-state index contributed by atoms with van der Waals surface area (Å²) in [5, 5.41) is 1.74. The van der Waals surface area contributed by atoms with E-state index >= 15 is 0 Å². The van der Waals surface area contributed by atoms with E-state index in [1.807, 2.05) is 11.8 Å². The van der Waals surface area contributed by atoms with Gasteiger partial charge < -0.3 is 4.90 Å². The second-order valence-corrected chi connectivity index (χ2v) is 7.82. The van der Waals surface area contributed by atoms with Crippen LogP contribution in [0, 0.1) is 6.92 Å². The highest BCUT2D eigenvalue weighted by atomic mass is 32.2. The molecule has 1 fully saturated rings. The molecule has 0 bridgehead atoms. The van der Waals surface area contributed by atoms with Crippen LogP contribution in [0.4, 0.5) is 11.8 Å². The molecule has 7 heteroatoms. The Morgan fingerprint density at radius 3 is 2.95 bits per heavy atom. The molecule has 0 spiro atoms. The largest absolute Gasteiger partial charge is 0.351 e. The maximum absolute atomic E-state index is 5.52. The lowest BCUT2D eigenvalue weighted by molar-refractivity contribution is 0.622. The number of nitrogens with one attached hydrogen (secondary N) is 1. The molecule has 0 saturated carbocycles. The Kier molecular flexibility index (Phi) is 3.74. The zero-order valence-corrected chi connectivity index (χ0v) is 13.5. The van der Waals surface area contributed by atoms with Crippen LogP contribution in [0.3, 0.4) is 0 Å². The van der Waals surface area contributed by atoms with Crippen LogP contribution in [-0.4, -0.2) is 33.6 Å².